The van der Waals surface area contributed by atoms with Crippen LogP contribution in [0, 0.1) is 0 Å². The maximum atomic E-state index is 10.8. The Balaban J connectivity index is 2.35. The van der Waals surface area contributed by atoms with Crippen LogP contribution in [0.4, 0.5) is 0 Å². The van der Waals surface area contributed by atoms with Crippen molar-refractivity contribution in [1.29, 1.82) is 0 Å². The predicted octanol–water partition coefficient (Wildman–Crippen LogP) is 1.80. The van der Waals surface area contributed by atoms with Gasteiger partial charge in [-0.2, -0.15) is 0 Å². The van der Waals surface area contributed by atoms with Gasteiger partial charge in [-0.25, -0.2) is 4.79 Å². The first kappa shape index (κ1) is 11.2. The summed E-state index contributed by atoms with van der Waals surface area (Å²) in [5.74, 6) is -0.357. The van der Waals surface area contributed by atoms with E-state index in [1.807, 2.05) is 0 Å². The zero-order valence-electron chi connectivity index (χ0n) is 8.66. The highest BCUT2D eigenvalue weighted by Gasteiger charge is 2.27. The Morgan fingerprint density at radius 2 is 2.07 bits per heavy atom. The molecule has 0 atom stereocenters. The summed E-state index contributed by atoms with van der Waals surface area (Å²) < 4.78 is 4.47. The first-order chi connectivity index (χ1) is 6.66. The smallest absolute Gasteiger partial charge is 0.330 e. The number of rotatable bonds is 3. The molecule has 0 spiro atoms. The molecule has 0 saturated heterocycles. The highest BCUT2D eigenvalue weighted by molar-refractivity contribution is 5.81. The molecule has 0 heterocycles. The largest absolute Gasteiger partial charge is 0.466 e. The van der Waals surface area contributed by atoms with Crippen LogP contribution in [0.3, 0.4) is 0 Å². The van der Waals surface area contributed by atoms with Crippen LogP contribution < -0.4 is 0 Å². The zero-order valence-corrected chi connectivity index (χ0v) is 8.66. The molecule has 0 radical (unpaired) electrons. The van der Waals surface area contributed by atoms with Gasteiger partial charge in [0.2, 0.25) is 0 Å². The molecule has 0 unspecified atom stereocenters. The lowest BCUT2D eigenvalue weighted by Gasteiger charge is -2.30. The minimum atomic E-state index is -0.581. The van der Waals surface area contributed by atoms with Crippen LogP contribution >= 0.6 is 0 Å². The van der Waals surface area contributed by atoms with Crippen LogP contribution in [0.25, 0.3) is 0 Å². The zero-order chi connectivity index (χ0) is 10.4. The first-order valence-corrected chi connectivity index (χ1v) is 5.13. The monoisotopic (exact) mass is 198 g/mol. The van der Waals surface area contributed by atoms with Crippen molar-refractivity contribution < 1.29 is 14.6 Å². The molecule has 1 aliphatic carbocycles. The van der Waals surface area contributed by atoms with E-state index in [0.29, 0.717) is 6.42 Å². The molecule has 0 aromatic carbocycles. The van der Waals surface area contributed by atoms with Crippen LogP contribution in [0.15, 0.2) is 12.2 Å². The van der Waals surface area contributed by atoms with Crippen LogP contribution in [-0.4, -0.2) is 23.8 Å². The molecule has 1 rings (SSSR count). The highest BCUT2D eigenvalue weighted by Crippen LogP contribution is 2.30. The lowest BCUT2D eigenvalue weighted by molar-refractivity contribution is -0.134. The molecule has 1 fully saturated rings. The van der Waals surface area contributed by atoms with Gasteiger partial charge in [0.25, 0.3) is 0 Å². The lowest BCUT2D eigenvalue weighted by Crippen LogP contribution is -2.30. The second kappa shape index (κ2) is 5.15. The van der Waals surface area contributed by atoms with E-state index in [9.17, 15) is 9.90 Å². The van der Waals surface area contributed by atoms with Gasteiger partial charge < -0.3 is 9.84 Å². The second-order valence-corrected chi connectivity index (χ2v) is 3.91. The van der Waals surface area contributed by atoms with Crippen molar-refractivity contribution in [3.05, 3.63) is 12.2 Å². The third-order valence-corrected chi connectivity index (χ3v) is 2.74. The Kier molecular flexibility index (Phi) is 4.14. The maximum Gasteiger partial charge on any atom is 0.330 e. The molecule has 0 aliphatic heterocycles. The summed E-state index contributed by atoms with van der Waals surface area (Å²) >= 11 is 0. The number of aliphatic hydroxyl groups is 1. The van der Waals surface area contributed by atoms with Gasteiger partial charge in [-0.15, -0.1) is 0 Å². The van der Waals surface area contributed by atoms with Gasteiger partial charge in [-0.05, 0) is 19.3 Å². The molecule has 1 aliphatic rings. The number of ether oxygens (including phenoxy) is 1. The molecule has 0 aromatic heterocycles. The number of methoxy groups -OCH3 is 1. The van der Waals surface area contributed by atoms with E-state index in [2.05, 4.69) is 4.74 Å². The van der Waals surface area contributed by atoms with Crippen LogP contribution in [0.5, 0.6) is 0 Å². The molecular formula is C11H18O3. The SMILES string of the molecule is COC(=O)/C=C/CC1(O)CCCCC1. The molecule has 0 aromatic rings. The third kappa shape index (κ3) is 3.50. The van der Waals surface area contributed by atoms with E-state index >= 15 is 0 Å². The molecule has 0 amide bonds. The van der Waals surface area contributed by atoms with Crippen LogP contribution in [0.1, 0.15) is 38.5 Å². The summed E-state index contributed by atoms with van der Waals surface area (Å²) in [5.41, 5.74) is -0.581. The average molecular weight is 198 g/mol. The van der Waals surface area contributed by atoms with Crippen molar-refractivity contribution in [2.45, 2.75) is 44.1 Å². The van der Waals surface area contributed by atoms with E-state index in [-0.39, 0.29) is 5.97 Å². The van der Waals surface area contributed by atoms with Crippen molar-refractivity contribution >= 4 is 5.97 Å². The van der Waals surface area contributed by atoms with Crippen LogP contribution in [0.2, 0.25) is 0 Å². The fourth-order valence-electron chi connectivity index (χ4n) is 1.86. The van der Waals surface area contributed by atoms with Gasteiger partial charge in [-0.3, -0.25) is 0 Å². The summed E-state index contributed by atoms with van der Waals surface area (Å²) in [7, 11) is 1.35. The van der Waals surface area contributed by atoms with Crippen molar-refractivity contribution in [2.75, 3.05) is 7.11 Å². The molecule has 3 heteroatoms. The maximum absolute atomic E-state index is 10.8. The molecule has 80 valence electrons. The third-order valence-electron chi connectivity index (χ3n) is 2.74. The fourth-order valence-corrected chi connectivity index (χ4v) is 1.86. The standard InChI is InChI=1S/C11H18O3/c1-14-10(12)6-5-9-11(13)7-3-2-4-8-11/h5-6,13H,2-4,7-9H2,1H3/b6-5+. The van der Waals surface area contributed by atoms with Gasteiger partial charge >= 0.3 is 5.97 Å². The normalized spacial score (nSPS) is 21.0. The Morgan fingerprint density at radius 1 is 1.43 bits per heavy atom. The van der Waals surface area contributed by atoms with Gasteiger partial charge in [0, 0.05) is 6.08 Å². The number of hydrogen-bond donors (Lipinski definition) is 1. The summed E-state index contributed by atoms with van der Waals surface area (Å²) in [4.78, 5) is 10.8. The van der Waals surface area contributed by atoms with Gasteiger partial charge in [0.15, 0.2) is 0 Å². The number of carbonyl (C=O) groups is 1. The topological polar surface area (TPSA) is 46.5 Å². The average Bonchev–Trinajstić information content (AvgIpc) is 2.18. The Morgan fingerprint density at radius 3 is 2.64 bits per heavy atom. The summed E-state index contributed by atoms with van der Waals surface area (Å²) in [6, 6.07) is 0. The van der Waals surface area contributed by atoms with E-state index in [0.717, 1.165) is 25.7 Å². The van der Waals surface area contributed by atoms with Crippen molar-refractivity contribution in [3.8, 4) is 0 Å². The summed E-state index contributed by atoms with van der Waals surface area (Å²) in [6.45, 7) is 0. The molecule has 3 nitrogen and oxygen atoms in total. The van der Waals surface area contributed by atoms with Gasteiger partial charge in [-0.1, -0.05) is 25.3 Å². The molecule has 1 N–H and O–H groups in total. The quantitative estimate of drug-likeness (QED) is 0.555. The summed E-state index contributed by atoms with van der Waals surface area (Å²) in [5, 5.41) is 10.1. The molecule has 14 heavy (non-hydrogen) atoms. The molecule has 1 saturated carbocycles. The summed E-state index contributed by atoms with van der Waals surface area (Å²) in [6.07, 6.45) is 8.72. The fraction of sp³-hybridized carbons (Fsp3) is 0.727. The minimum Gasteiger partial charge on any atom is -0.466 e. The first-order valence-electron chi connectivity index (χ1n) is 5.13. The van der Waals surface area contributed by atoms with Crippen molar-refractivity contribution in [2.24, 2.45) is 0 Å². The van der Waals surface area contributed by atoms with E-state index in [1.54, 1.807) is 6.08 Å². The van der Waals surface area contributed by atoms with Gasteiger partial charge in [0.1, 0.15) is 0 Å². The number of carbonyl (C=O) groups excluding carboxylic acids is 1. The second-order valence-electron chi connectivity index (χ2n) is 3.91. The van der Waals surface area contributed by atoms with E-state index in [4.69, 9.17) is 0 Å². The van der Waals surface area contributed by atoms with E-state index < -0.39 is 5.60 Å². The Labute approximate surface area is 84.8 Å². The molecule has 0 bridgehead atoms. The Bertz CT molecular complexity index is 215. The minimum absolute atomic E-state index is 0.357. The number of esters is 1. The van der Waals surface area contributed by atoms with Gasteiger partial charge in [0.05, 0.1) is 12.7 Å². The van der Waals surface area contributed by atoms with Crippen molar-refractivity contribution in [1.82, 2.24) is 0 Å². The van der Waals surface area contributed by atoms with Crippen molar-refractivity contribution in [3.63, 3.8) is 0 Å². The van der Waals surface area contributed by atoms with E-state index in [1.165, 1.54) is 19.6 Å². The number of hydrogen-bond acceptors (Lipinski definition) is 3. The molecular weight excluding hydrogens is 180 g/mol. The predicted molar refractivity (Wildman–Crippen MR) is 53.8 cm³/mol. The lowest BCUT2D eigenvalue weighted by atomic mass is 9.82. The Hall–Kier alpha value is -0.830. The van der Waals surface area contributed by atoms with Crippen LogP contribution in [-0.2, 0) is 9.53 Å². The highest BCUT2D eigenvalue weighted by atomic mass is 16.5.